The molecule has 0 bridgehead atoms. The minimum absolute atomic E-state index is 0.0527. The van der Waals surface area contributed by atoms with E-state index in [1.165, 1.54) is 0 Å². The Bertz CT molecular complexity index is 1230. The Morgan fingerprint density at radius 3 is 2.70 bits per heavy atom. The van der Waals surface area contributed by atoms with Crippen LogP contribution in [0.15, 0.2) is 29.2 Å². The lowest BCUT2D eigenvalue weighted by Crippen LogP contribution is -2.43. The fraction of sp³-hybridized carbons (Fsp3) is 0.458. The molecular weight excluding hydrogens is 376 g/mol. The number of aromatic nitrogens is 2. The number of pyridine rings is 2. The maximum Gasteiger partial charge on any atom is 0.259 e. The molecule has 0 spiro atoms. The number of fused-ring (bicyclic) bond motifs is 3. The molecule has 4 rings (SSSR count). The summed E-state index contributed by atoms with van der Waals surface area (Å²) in [4.78, 5) is 17.8. The van der Waals surface area contributed by atoms with Crippen LogP contribution in [0.5, 0.6) is 5.75 Å². The van der Waals surface area contributed by atoms with Crippen molar-refractivity contribution < 1.29 is 4.74 Å². The summed E-state index contributed by atoms with van der Waals surface area (Å²) in [5.74, 6) is 0.847. The number of rotatable bonds is 6. The van der Waals surface area contributed by atoms with Gasteiger partial charge in [0, 0.05) is 23.2 Å². The molecule has 2 heterocycles. The highest BCUT2D eigenvalue weighted by molar-refractivity contribution is 6.07. The molecule has 30 heavy (non-hydrogen) atoms. The number of hydrogen-bond acceptors (Lipinski definition) is 5. The van der Waals surface area contributed by atoms with Crippen LogP contribution < -0.4 is 16.0 Å². The second kappa shape index (κ2) is 7.41. The number of hydrogen-bond donors (Lipinski definition) is 1. The van der Waals surface area contributed by atoms with Crippen molar-refractivity contribution in [2.24, 2.45) is 11.7 Å². The standard InChI is InChI=1S/C24H28N4O2/c1-14(2)11-24(4,26)13-30-21-10-20-19(9-16(21)12-25)18-7-8-27-15(3)22(18)28(23(20)29)17-5-6-17/h7-10,14,17H,5-6,11,13,26H2,1-4H3. The van der Waals surface area contributed by atoms with Gasteiger partial charge in [-0.25, -0.2) is 0 Å². The van der Waals surface area contributed by atoms with Gasteiger partial charge in [0.2, 0.25) is 0 Å². The van der Waals surface area contributed by atoms with E-state index in [1.54, 1.807) is 18.3 Å². The van der Waals surface area contributed by atoms with Gasteiger partial charge in [0.25, 0.3) is 5.56 Å². The van der Waals surface area contributed by atoms with Gasteiger partial charge in [-0.2, -0.15) is 5.26 Å². The zero-order chi connectivity index (χ0) is 21.6. The summed E-state index contributed by atoms with van der Waals surface area (Å²) < 4.78 is 7.88. The molecule has 0 radical (unpaired) electrons. The summed E-state index contributed by atoms with van der Waals surface area (Å²) in [5.41, 5.74) is 7.90. The summed E-state index contributed by atoms with van der Waals surface area (Å²) in [5, 5.41) is 12.0. The molecule has 0 aliphatic heterocycles. The average Bonchev–Trinajstić information content (AvgIpc) is 3.51. The fourth-order valence-electron chi connectivity index (χ4n) is 4.41. The van der Waals surface area contributed by atoms with Crippen LogP contribution >= 0.6 is 0 Å². The summed E-state index contributed by atoms with van der Waals surface area (Å²) in [6.07, 6.45) is 4.54. The smallest absolute Gasteiger partial charge is 0.259 e. The van der Waals surface area contributed by atoms with Gasteiger partial charge < -0.3 is 15.0 Å². The first-order chi connectivity index (χ1) is 14.2. The zero-order valence-corrected chi connectivity index (χ0v) is 18.0. The van der Waals surface area contributed by atoms with Crippen LogP contribution in [-0.4, -0.2) is 21.7 Å². The molecule has 2 aromatic heterocycles. The van der Waals surface area contributed by atoms with E-state index in [0.717, 1.165) is 41.2 Å². The van der Waals surface area contributed by atoms with Gasteiger partial charge in [-0.15, -0.1) is 0 Å². The Kier molecular flexibility index (Phi) is 5.03. The third-order valence-corrected chi connectivity index (χ3v) is 5.67. The highest BCUT2D eigenvalue weighted by atomic mass is 16.5. The summed E-state index contributed by atoms with van der Waals surface area (Å²) in [7, 11) is 0. The Morgan fingerprint density at radius 1 is 1.33 bits per heavy atom. The molecule has 1 unspecified atom stereocenters. The third-order valence-electron chi connectivity index (χ3n) is 5.67. The molecule has 1 fully saturated rings. The van der Waals surface area contributed by atoms with Crippen LogP contribution in [0.3, 0.4) is 0 Å². The molecule has 0 saturated heterocycles. The van der Waals surface area contributed by atoms with E-state index in [-0.39, 0.29) is 18.2 Å². The van der Waals surface area contributed by atoms with Crippen LogP contribution in [0.2, 0.25) is 0 Å². The maximum absolute atomic E-state index is 13.4. The minimum Gasteiger partial charge on any atom is -0.490 e. The number of aryl methyl sites for hydroxylation is 1. The van der Waals surface area contributed by atoms with Crippen molar-refractivity contribution in [2.75, 3.05) is 6.61 Å². The summed E-state index contributed by atoms with van der Waals surface area (Å²) >= 11 is 0. The summed E-state index contributed by atoms with van der Waals surface area (Å²) in [6, 6.07) is 7.84. The molecule has 1 atom stereocenters. The van der Waals surface area contributed by atoms with Crippen LogP contribution in [0, 0.1) is 24.2 Å². The molecule has 1 aliphatic rings. The van der Waals surface area contributed by atoms with E-state index >= 15 is 0 Å². The quantitative estimate of drug-likeness (QED) is 0.621. The van der Waals surface area contributed by atoms with Gasteiger partial charge >= 0.3 is 0 Å². The van der Waals surface area contributed by atoms with Gasteiger partial charge in [-0.1, -0.05) is 13.8 Å². The molecule has 3 aromatic rings. The predicted octanol–water partition coefficient (Wildman–Crippen LogP) is 4.21. The average molecular weight is 405 g/mol. The molecule has 1 aliphatic carbocycles. The molecule has 1 aromatic carbocycles. The number of nitrogens with two attached hydrogens (primary N) is 1. The van der Waals surface area contributed by atoms with Crippen molar-refractivity contribution in [1.82, 2.24) is 9.55 Å². The van der Waals surface area contributed by atoms with E-state index in [4.69, 9.17) is 10.5 Å². The second-order valence-corrected chi connectivity index (χ2v) is 9.25. The molecule has 2 N–H and O–H groups in total. The van der Waals surface area contributed by atoms with Gasteiger partial charge in [-0.05, 0) is 62.6 Å². The van der Waals surface area contributed by atoms with E-state index < -0.39 is 5.54 Å². The van der Waals surface area contributed by atoms with E-state index in [1.807, 2.05) is 24.5 Å². The first kappa shape index (κ1) is 20.4. The molecule has 0 amide bonds. The van der Waals surface area contributed by atoms with Gasteiger partial charge in [-0.3, -0.25) is 9.78 Å². The van der Waals surface area contributed by atoms with Gasteiger partial charge in [0.05, 0.1) is 22.2 Å². The lowest BCUT2D eigenvalue weighted by atomic mass is 9.93. The minimum atomic E-state index is -0.518. The molecular formula is C24H28N4O2. The van der Waals surface area contributed by atoms with Gasteiger partial charge in [0.15, 0.2) is 0 Å². The number of benzene rings is 1. The maximum atomic E-state index is 13.4. The number of ether oxygens (including phenoxy) is 1. The number of nitriles is 1. The second-order valence-electron chi connectivity index (χ2n) is 9.25. The largest absolute Gasteiger partial charge is 0.490 e. The first-order valence-corrected chi connectivity index (χ1v) is 10.5. The normalized spacial score (nSPS) is 16.0. The van der Waals surface area contributed by atoms with Crippen LogP contribution in [0.25, 0.3) is 21.7 Å². The topological polar surface area (TPSA) is 93.9 Å². The first-order valence-electron chi connectivity index (χ1n) is 10.5. The van der Waals surface area contributed by atoms with Crippen molar-refractivity contribution in [3.63, 3.8) is 0 Å². The van der Waals surface area contributed by atoms with Crippen molar-refractivity contribution in [3.8, 4) is 11.8 Å². The Morgan fingerprint density at radius 2 is 2.07 bits per heavy atom. The van der Waals surface area contributed by atoms with Crippen LogP contribution in [-0.2, 0) is 0 Å². The van der Waals surface area contributed by atoms with Crippen LogP contribution in [0.1, 0.15) is 57.3 Å². The van der Waals surface area contributed by atoms with E-state index in [0.29, 0.717) is 22.6 Å². The monoisotopic (exact) mass is 404 g/mol. The lowest BCUT2D eigenvalue weighted by Gasteiger charge is -2.27. The summed E-state index contributed by atoms with van der Waals surface area (Å²) in [6.45, 7) is 8.38. The van der Waals surface area contributed by atoms with Crippen molar-refractivity contribution in [3.05, 3.63) is 46.0 Å². The van der Waals surface area contributed by atoms with E-state index in [2.05, 4.69) is 24.9 Å². The Balaban J connectivity index is 1.89. The molecule has 6 heteroatoms. The van der Waals surface area contributed by atoms with E-state index in [9.17, 15) is 10.1 Å². The van der Waals surface area contributed by atoms with Crippen molar-refractivity contribution >= 4 is 21.7 Å². The fourth-order valence-corrected chi connectivity index (χ4v) is 4.41. The zero-order valence-electron chi connectivity index (χ0n) is 18.0. The lowest BCUT2D eigenvalue weighted by molar-refractivity contribution is 0.206. The Labute approximate surface area is 176 Å². The predicted molar refractivity (Wildman–Crippen MR) is 119 cm³/mol. The number of nitrogens with zero attached hydrogens (tertiary/aromatic N) is 3. The highest BCUT2D eigenvalue weighted by Gasteiger charge is 2.29. The molecule has 156 valence electrons. The van der Waals surface area contributed by atoms with Gasteiger partial charge in [0.1, 0.15) is 18.4 Å². The highest BCUT2D eigenvalue weighted by Crippen LogP contribution is 2.38. The SMILES string of the molecule is Cc1nccc2c3cc(C#N)c(OCC(C)(N)CC(C)C)cc3c(=O)n(C3CC3)c12. The third kappa shape index (κ3) is 3.66. The van der Waals surface area contributed by atoms with Crippen molar-refractivity contribution in [1.29, 1.82) is 5.26 Å². The van der Waals surface area contributed by atoms with Crippen molar-refractivity contribution in [2.45, 2.75) is 58.5 Å². The molecule has 6 nitrogen and oxygen atoms in total. The molecule has 1 saturated carbocycles. The Hall–Kier alpha value is -2.91. The van der Waals surface area contributed by atoms with Crippen LogP contribution in [0.4, 0.5) is 0 Å².